The van der Waals surface area contributed by atoms with E-state index < -0.39 is 25.4 Å². The molecule has 0 spiro atoms. The summed E-state index contributed by atoms with van der Waals surface area (Å²) in [6.45, 7) is -0.391. The summed E-state index contributed by atoms with van der Waals surface area (Å²) in [4.78, 5) is 4.76. The van der Waals surface area contributed by atoms with Crippen LogP contribution in [0.15, 0.2) is 18.3 Å². The van der Waals surface area contributed by atoms with Crippen LogP contribution in [-0.4, -0.2) is 41.1 Å². The van der Waals surface area contributed by atoms with Gasteiger partial charge < -0.3 is 15.1 Å². The van der Waals surface area contributed by atoms with Gasteiger partial charge in [-0.05, 0) is 13.0 Å². The molecule has 1 atom stereocenters. The molecule has 0 amide bonds. The van der Waals surface area contributed by atoms with Gasteiger partial charge in [-0.3, -0.25) is 0 Å². The molecule has 1 aromatic rings. The van der Waals surface area contributed by atoms with Crippen LogP contribution in [0.4, 0.5) is 19.0 Å². The van der Waals surface area contributed by atoms with E-state index in [1.165, 1.54) is 25.3 Å². The maximum atomic E-state index is 12.4. The topological polar surface area (TPSA) is 56.6 Å². The minimum atomic E-state index is -4.40. The quantitative estimate of drug-likeness (QED) is 0.846. The van der Waals surface area contributed by atoms with Crippen molar-refractivity contribution in [2.45, 2.75) is 19.2 Å². The van der Waals surface area contributed by atoms with Gasteiger partial charge in [0.15, 0.2) is 0 Å². The van der Waals surface area contributed by atoms with Gasteiger partial charge in [-0.25, -0.2) is 4.98 Å². The maximum Gasteiger partial charge on any atom is 0.405 e. The third-order valence-electron chi connectivity index (χ3n) is 2.31. The normalized spacial score (nSPS) is 13.4. The molecule has 102 valence electrons. The van der Waals surface area contributed by atoms with Gasteiger partial charge in [0.1, 0.15) is 12.4 Å². The molecule has 0 fully saturated rings. The number of pyridine rings is 1. The summed E-state index contributed by atoms with van der Waals surface area (Å²) in [6.07, 6.45) is -3.98. The average molecular weight is 264 g/mol. The second-order valence-electron chi connectivity index (χ2n) is 3.85. The zero-order valence-corrected chi connectivity index (χ0v) is 9.85. The van der Waals surface area contributed by atoms with Crippen molar-refractivity contribution < 1.29 is 23.4 Å². The second kappa shape index (κ2) is 6.01. The molecule has 0 radical (unpaired) electrons. The van der Waals surface area contributed by atoms with Gasteiger partial charge in [0.2, 0.25) is 0 Å². The Balaban J connectivity index is 3.05. The Morgan fingerprint density at radius 3 is 2.61 bits per heavy atom. The number of aliphatic hydroxyl groups excluding tert-OH is 2. The van der Waals surface area contributed by atoms with Crippen molar-refractivity contribution in [1.82, 2.24) is 4.98 Å². The second-order valence-corrected chi connectivity index (χ2v) is 3.85. The third kappa shape index (κ3) is 4.15. The number of halogens is 3. The molecule has 0 aliphatic heterocycles. The lowest BCUT2D eigenvalue weighted by atomic mass is 10.1. The van der Waals surface area contributed by atoms with Crippen molar-refractivity contribution in [3.63, 3.8) is 0 Å². The van der Waals surface area contributed by atoms with Crippen LogP contribution in [0.2, 0.25) is 0 Å². The van der Waals surface area contributed by atoms with Gasteiger partial charge >= 0.3 is 6.18 Å². The molecular formula is C11H15F3N2O2. The van der Waals surface area contributed by atoms with E-state index in [0.29, 0.717) is 5.56 Å². The van der Waals surface area contributed by atoms with Crippen LogP contribution in [0.5, 0.6) is 0 Å². The molecule has 18 heavy (non-hydrogen) atoms. The van der Waals surface area contributed by atoms with Crippen LogP contribution in [0, 0.1) is 0 Å². The zero-order chi connectivity index (χ0) is 13.8. The maximum absolute atomic E-state index is 12.4. The number of anilines is 1. The first-order valence-electron chi connectivity index (χ1n) is 5.40. The summed E-state index contributed by atoms with van der Waals surface area (Å²) in [6, 6.07) is 3.05. The Morgan fingerprint density at radius 1 is 1.44 bits per heavy atom. The van der Waals surface area contributed by atoms with Gasteiger partial charge in [-0.15, -0.1) is 0 Å². The molecule has 0 bridgehead atoms. The van der Waals surface area contributed by atoms with Crippen LogP contribution < -0.4 is 4.90 Å². The molecule has 7 heteroatoms. The summed E-state index contributed by atoms with van der Waals surface area (Å²) in [5.74, 6) is 0.0406. The Labute approximate surface area is 103 Å². The Morgan fingerprint density at radius 2 is 2.11 bits per heavy atom. The first-order valence-corrected chi connectivity index (χ1v) is 5.40. The standard InChI is InChI=1S/C11H15F3N2O2/c1-8(18)9-3-2-4-15-10(9)16(5-6-17)7-11(12,13)14/h2-4,8,17-18H,5-7H2,1H3. The Hall–Kier alpha value is -1.34. The summed E-state index contributed by atoms with van der Waals surface area (Å²) in [5, 5.41) is 18.3. The largest absolute Gasteiger partial charge is 0.405 e. The molecule has 1 heterocycles. The van der Waals surface area contributed by atoms with E-state index in [-0.39, 0.29) is 12.4 Å². The molecule has 1 aromatic heterocycles. The van der Waals surface area contributed by atoms with E-state index in [2.05, 4.69) is 4.98 Å². The number of hydrogen-bond acceptors (Lipinski definition) is 4. The number of aromatic nitrogens is 1. The van der Waals surface area contributed by atoms with E-state index >= 15 is 0 Å². The highest BCUT2D eigenvalue weighted by molar-refractivity contribution is 5.48. The average Bonchev–Trinajstić information content (AvgIpc) is 2.26. The smallest absolute Gasteiger partial charge is 0.395 e. The van der Waals surface area contributed by atoms with Gasteiger partial charge in [0, 0.05) is 18.3 Å². The monoisotopic (exact) mass is 264 g/mol. The number of nitrogens with zero attached hydrogens (tertiary/aromatic N) is 2. The van der Waals surface area contributed by atoms with Crippen molar-refractivity contribution in [3.8, 4) is 0 Å². The number of hydrogen-bond donors (Lipinski definition) is 2. The van der Waals surface area contributed by atoms with Gasteiger partial charge in [-0.1, -0.05) is 6.07 Å². The number of aliphatic hydroxyl groups is 2. The first kappa shape index (κ1) is 14.7. The molecule has 2 N–H and O–H groups in total. The van der Waals surface area contributed by atoms with Crippen LogP contribution in [0.1, 0.15) is 18.6 Å². The molecule has 1 rings (SSSR count). The van der Waals surface area contributed by atoms with Crippen molar-refractivity contribution in [2.24, 2.45) is 0 Å². The van der Waals surface area contributed by atoms with Crippen molar-refractivity contribution in [3.05, 3.63) is 23.9 Å². The lowest BCUT2D eigenvalue weighted by Gasteiger charge is -2.26. The number of alkyl halides is 3. The molecule has 1 unspecified atom stereocenters. The predicted octanol–water partition coefficient (Wildman–Crippen LogP) is 1.50. The summed E-state index contributed by atoms with van der Waals surface area (Å²) < 4.78 is 37.3. The van der Waals surface area contributed by atoms with Gasteiger partial charge in [-0.2, -0.15) is 13.2 Å². The summed E-state index contributed by atoms with van der Waals surface area (Å²) in [7, 11) is 0. The lowest BCUT2D eigenvalue weighted by molar-refractivity contribution is -0.120. The Bertz CT molecular complexity index is 383. The minimum Gasteiger partial charge on any atom is -0.395 e. The van der Waals surface area contributed by atoms with Crippen LogP contribution >= 0.6 is 0 Å². The van der Waals surface area contributed by atoms with E-state index in [1.807, 2.05) is 0 Å². The fourth-order valence-electron chi connectivity index (χ4n) is 1.60. The zero-order valence-electron chi connectivity index (χ0n) is 9.85. The SMILES string of the molecule is CC(O)c1cccnc1N(CCO)CC(F)(F)F. The fraction of sp³-hybridized carbons (Fsp3) is 0.545. The van der Waals surface area contributed by atoms with Crippen LogP contribution in [0.3, 0.4) is 0 Å². The van der Waals surface area contributed by atoms with E-state index in [4.69, 9.17) is 5.11 Å². The molecule has 0 aliphatic rings. The van der Waals surface area contributed by atoms with E-state index in [9.17, 15) is 18.3 Å². The highest BCUT2D eigenvalue weighted by Crippen LogP contribution is 2.26. The van der Waals surface area contributed by atoms with Crippen molar-refractivity contribution in [2.75, 3.05) is 24.6 Å². The lowest BCUT2D eigenvalue weighted by Crippen LogP contribution is -2.37. The molecule has 0 aliphatic carbocycles. The summed E-state index contributed by atoms with van der Waals surface area (Å²) >= 11 is 0. The Kier molecular flexibility index (Phi) is 4.92. The molecule has 4 nitrogen and oxygen atoms in total. The molecular weight excluding hydrogens is 249 g/mol. The van der Waals surface area contributed by atoms with E-state index in [1.54, 1.807) is 0 Å². The fourth-order valence-corrected chi connectivity index (χ4v) is 1.60. The number of rotatable bonds is 5. The third-order valence-corrected chi connectivity index (χ3v) is 2.31. The molecule has 0 saturated heterocycles. The highest BCUT2D eigenvalue weighted by atomic mass is 19.4. The highest BCUT2D eigenvalue weighted by Gasteiger charge is 2.32. The molecule has 0 aromatic carbocycles. The first-order chi connectivity index (χ1) is 8.35. The van der Waals surface area contributed by atoms with Gasteiger partial charge in [0.25, 0.3) is 0 Å². The van der Waals surface area contributed by atoms with Crippen molar-refractivity contribution >= 4 is 5.82 Å². The van der Waals surface area contributed by atoms with Crippen LogP contribution in [0.25, 0.3) is 0 Å². The minimum absolute atomic E-state index is 0.0406. The molecule has 0 saturated carbocycles. The van der Waals surface area contributed by atoms with Crippen LogP contribution in [-0.2, 0) is 0 Å². The predicted molar refractivity (Wildman–Crippen MR) is 60.2 cm³/mol. The van der Waals surface area contributed by atoms with E-state index in [0.717, 1.165) is 4.90 Å². The summed E-state index contributed by atoms with van der Waals surface area (Å²) in [5.41, 5.74) is 0.301. The van der Waals surface area contributed by atoms with Crippen molar-refractivity contribution in [1.29, 1.82) is 0 Å². The van der Waals surface area contributed by atoms with Gasteiger partial charge in [0.05, 0.1) is 12.7 Å².